The van der Waals surface area contributed by atoms with E-state index in [9.17, 15) is 14.0 Å². The zero-order chi connectivity index (χ0) is 22.1. The van der Waals surface area contributed by atoms with Crippen LogP contribution in [0.3, 0.4) is 0 Å². The minimum atomic E-state index is -0.379. The Labute approximate surface area is 182 Å². The van der Waals surface area contributed by atoms with Gasteiger partial charge in [0.25, 0.3) is 11.8 Å². The van der Waals surface area contributed by atoms with Crippen molar-refractivity contribution in [3.63, 3.8) is 0 Å². The van der Waals surface area contributed by atoms with E-state index in [-0.39, 0.29) is 17.6 Å². The van der Waals surface area contributed by atoms with Crippen LogP contribution in [0.15, 0.2) is 54.6 Å². The van der Waals surface area contributed by atoms with Crippen LogP contribution in [0.5, 0.6) is 5.75 Å². The van der Waals surface area contributed by atoms with Crippen LogP contribution in [0.2, 0.25) is 0 Å². The molecule has 2 aromatic rings. The molecule has 3 rings (SSSR count). The van der Waals surface area contributed by atoms with E-state index in [4.69, 9.17) is 4.74 Å². The number of carbonyl (C=O) groups excluding carboxylic acids is 2. The predicted octanol–water partition coefficient (Wildman–Crippen LogP) is -0.915. The molecule has 3 N–H and O–H groups in total. The lowest BCUT2D eigenvalue weighted by atomic mass is 10.3. The number of rotatable bonds is 9. The van der Waals surface area contributed by atoms with Gasteiger partial charge in [-0.3, -0.25) is 9.59 Å². The van der Waals surface area contributed by atoms with Gasteiger partial charge in [0.1, 0.15) is 24.7 Å². The number of piperazine rings is 1. The van der Waals surface area contributed by atoms with Gasteiger partial charge in [-0.25, -0.2) is 4.39 Å². The first kappa shape index (κ1) is 22.7. The van der Waals surface area contributed by atoms with Crippen LogP contribution >= 0.6 is 0 Å². The summed E-state index contributed by atoms with van der Waals surface area (Å²) >= 11 is 0. The van der Waals surface area contributed by atoms with E-state index in [2.05, 4.69) is 5.32 Å². The van der Waals surface area contributed by atoms with Crippen LogP contribution in [0.25, 0.3) is 0 Å². The molecule has 0 spiro atoms. The molecule has 31 heavy (non-hydrogen) atoms. The number of quaternary nitrogens is 2. The van der Waals surface area contributed by atoms with Gasteiger partial charge in [0.15, 0.2) is 13.1 Å². The summed E-state index contributed by atoms with van der Waals surface area (Å²) in [6.07, 6.45) is 0. The van der Waals surface area contributed by atoms with Crippen LogP contribution in [0, 0.1) is 5.82 Å². The number of nitrogens with one attached hydrogen (secondary N) is 3. The highest BCUT2D eigenvalue weighted by molar-refractivity contribution is 5.91. The number of halogens is 1. The van der Waals surface area contributed by atoms with Gasteiger partial charge < -0.3 is 24.8 Å². The van der Waals surface area contributed by atoms with Gasteiger partial charge in [-0.15, -0.1) is 0 Å². The van der Waals surface area contributed by atoms with Crippen LogP contribution in [-0.4, -0.2) is 76.2 Å². The van der Waals surface area contributed by atoms with Gasteiger partial charge in [0, 0.05) is 5.69 Å². The third kappa shape index (κ3) is 7.66. The molecule has 166 valence electrons. The van der Waals surface area contributed by atoms with Crippen molar-refractivity contribution >= 4 is 17.5 Å². The molecule has 1 saturated heterocycles. The van der Waals surface area contributed by atoms with Crippen LogP contribution in [-0.2, 0) is 9.59 Å². The monoisotopic (exact) mass is 430 g/mol. The fraction of sp³-hybridized carbons (Fsp3) is 0.391. The summed E-state index contributed by atoms with van der Waals surface area (Å²) in [5.41, 5.74) is 0.459. The summed E-state index contributed by atoms with van der Waals surface area (Å²) in [4.78, 5) is 28.9. The minimum Gasteiger partial charge on any atom is -0.488 e. The maximum atomic E-state index is 13.2. The standard InChI is InChI=1S/C23H29FN4O3/c1-26(14-15-31-21-8-3-2-4-9-21)18-23(30)28-12-10-27(11-13-28)17-22(29)25-20-7-5-6-19(24)16-20/h2-9,16H,10-15,17-18H2,1H3,(H,25,29)/p+2. The molecular weight excluding hydrogens is 399 g/mol. The predicted molar refractivity (Wildman–Crippen MR) is 116 cm³/mol. The van der Waals surface area contributed by atoms with Crippen molar-refractivity contribution in [2.75, 3.05) is 64.8 Å². The highest BCUT2D eigenvalue weighted by Gasteiger charge is 2.26. The van der Waals surface area contributed by atoms with Gasteiger partial charge in [0.05, 0.1) is 33.2 Å². The number of carbonyl (C=O) groups is 2. The lowest BCUT2D eigenvalue weighted by Gasteiger charge is -2.32. The van der Waals surface area contributed by atoms with Gasteiger partial charge in [-0.2, -0.15) is 0 Å². The average Bonchev–Trinajstić information content (AvgIpc) is 2.75. The van der Waals surface area contributed by atoms with Gasteiger partial charge in [-0.1, -0.05) is 24.3 Å². The molecule has 1 aliphatic rings. The minimum absolute atomic E-state index is 0.125. The molecule has 1 fully saturated rings. The lowest BCUT2D eigenvalue weighted by molar-refractivity contribution is -0.896. The van der Waals surface area contributed by atoms with E-state index in [0.29, 0.717) is 38.5 Å². The van der Waals surface area contributed by atoms with Gasteiger partial charge >= 0.3 is 0 Å². The molecule has 0 aromatic heterocycles. The Morgan fingerprint density at radius 1 is 1.13 bits per heavy atom. The molecule has 2 amide bonds. The molecule has 8 heteroatoms. The molecule has 0 aliphatic carbocycles. The lowest BCUT2D eigenvalue weighted by Crippen LogP contribution is -3.16. The summed E-state index contributed by atoms with van der Waals surface area (Å²) in [6.45, 7) is 4.74. The van der Waals surface area contributed by atoms with Crippen molar-refractivity contribution in [2.24, 2.45) is 0 Å². The van der Waals surface area contributed by atoms with Gasteiger partial charge in [-0.05, 0) is 30.3 Å². The maximum Gasteiger partial charge on any atom is 0.279 e. The third-order valence-corrected chi connectivity index (χ3v) is 5.34. The zero-order valence-electron chi connectivity index (χ0n) is 17.9. The summed E-state index contributed by atoms with van der Waals surface area (Å²) in [6, 6.07) is 15.5. The zero-order valence-corrected chi connectivity index (χ0v) is 17.9. The molecule has 1 heterocycles. The summed E-state index contributed by atoms with van der Waals surface area (Å²) in [5, 5.41) is 2.73. The van der Waals surface area contributed by atoms with Crippen LogP contribution in [0.1, 0.15) is 0 Å². The first-order valence-corrected chi connectivity index (χ1v) is 10.7. The maximum absolute atomic E-state index is 13.2. The smallest absolute Gasteiger partial charge is 0.279 e. The molecular formula is C23H31FN4O3+2. The number of para-hydroxylation sites is 1. The van der Waals surface area contributed by atoms with E-state index >= 15 is 0 Å². The Kier molecular flexibility index (Phi) is 8.37. The number of anilines is 1. The number of nitrogens with zero attached hydrogens (tertiary/aromatic N) is 1. The van der Waals surface area contributed by atoms with E-state index < -0.39 is 0 Å². The largest absolute Gasteiger partial charge is 0.488 e. The number of likely N-dealkylation sites (N-methyl/N-ethyl adjacent to an activating group) is 1. The second-order valence-electron chi connectivity index (χ2n) is 7.91. The molecule has 0 saturated carbocycles. The highest BCUT2D eigenvalue weighted by Crippen LogP contribution is 2.08. The normalized spacial score (nSPS) is 15.4. The molecule has 1 aliphatic heterocycles. The Hall–Kier alpha value is -2.97. The Morgan fingerprint density at radius 3 is 2.58 bits per heavy atom. The van der Waals surface area contributed by atoms with Crippen LogP contribution in [0.4, 0.5) is 10.1 Å². The Bertz CT molecular complexity index is 857. The Balaban J connectivity index is 1.33. The Morgan fingerprint density at radius 2 is 1.87 bits per heavy atom. The van der Waals surface area contributed by atoms with Crippen LogP contribution < -0.4 is 19.9 Å². The van der Waals surface area contributed by atoms with E-state index in [1.165, 1.54) is 12.1 Å². The number of amides is 2. The molecule has 1 unspecified atom stereocenters. The first-order chi connectivity index (χ1) is 15.0. The van der Waals surface area contributed by atoms with Crippen molar-refractivity contribution in [3.8, 4) is 5.75 Å². The molecule has 0 radical (unpaired) electrons. The molecule has 1 atom stereocenters. The molecule has 0 bridgehead atoms. The quantitative estimate of drug-likeness (QED) is 0.482. The second-order valence-corrected chi connectivity index (χ2v) is 7.91. The van der Waals surface area contributed by atoms with Crippen molar-refractivity contribution in [2.45, 2.75) is 0 Å². The van der Waals surface area contributed by atoms with Crippen molar-refractivity contribution in [1.82, 2.24) is 4.90 Å². The number of ether oxygens (including phenoxy) is 1. The van der Waals surface area contributed by atoms with E-state index in [1.54, 1.807) is 12.1 Å². The van der Waals surface area contributed by atoms with Crippen molar-refractivity contribution < 1.29 is 28.5 Å². The number of hydrogen-bond donors (Lipinski definition) is 3. The fourth-order valence-corrected chi connectivity index (χ4v) is 3.57. The average molecular weight is 431 g/mol. The fourth-order valence-electron chi connectivity index (χ4n) is 3.57. The summed E-state index contributed by atoms with van der Waals surface area (Å²) in [7, 11) is 1.99. The second kappa shape index (κ2) is 11.4. The number of benzene rings is 2. The summed E-state index contributed by atoms with van der Waals surface area (Å²) in [5.74, 6) is 0.432. The van der Waals surface area contributed by atoms with Gasteiger partial charge in [0.2, 0.25) is 0 Å². The molecule has 2 aromatic carbocycles. The number of hydrogen-bond acceptors (Lipinski definition) is 3. The van der Waals surface area contributed by atoms with Crippen molar-refractivity contribution in [1.29, 1.82) is 0 Å². The van der Waals surface area contributed by atoms with E-state index in [0.717, 1.165) is 35.2 Å². The first-order valence-electron chi connectivity index (χ1n) is 10.7. The van der Waals surface area contributed by atoms with E-state index in [1.807, 2.05) is 42.3 Å². The topological polar surface area (TPSA) is 67.5 Å². The summed E-state index contributed by atoms with van der Waals surface area (Å²) < 4.78 is 18.9. The third-order valence-electron chi connectivity index (χ3n) is 5.34. The highest BCUT2D eigenvalue weighted by atomic mass is 19.1. The van der Waals surface area contributed by atoms with Crippen molar-refractivity contribution in [3.05, 3.63) is 60.4 Å². The molecule has 7 nitrogen and oxygen atoms in total. The SMILES string of the molecule is C[NH+](CCOc1ccccc1)CC(=O)N1CC[NH+](CC(=O)Nc2cccc(F)c2)CC1.